The molecule has 0 amide bonds. The minimum atomic E-state index is -0.462. The molecule has 0 aliphatic heterocycles. The lowest BCUT2D eigenvalue weighted by atomic mass is 10.2. The molecule has 0 heterocycles. The van der Waals surface area contributed by atoms with E-state index < -0.39 is 5.97 Å². The molecule has 0 N–H and O–H groups in total. The first-order chi connectivity index (χ1) is 8.69. The average molecular weight is 241 g/mol. The lowest BCUT2D eigenvalue weighted by Gasteiger charge is -2.04. The number of ether oxygens (including phenoxy) is 1. The van der Waals surface area contributed by atoms with Crippen LogP contribution in [0.2, 0.25) is 0 Å². The number of esters is 1. The largest absolute Gasteiger partial charge is 0.423 e. The summed E-state index contributed by atoms with van der Waals surface area (Å²) in [5.74, 6) is 0.0273. The lowest BCUT2D eigenvalue weighted by Crippen LogP contribution is -2.07. The van der Waals surface area contributed by atoms with Gasteiger partial charge in [0.1, 0.15) is 11.4 Å². The van der Waals surface area contributed by atoms with Gasteiger partial charge in [-0.1, -0.05) is 17.7 Å². The summed E-state index contributed by atoms with van der Waals surface area (Å²) in [4.78, 5) is 22.0. The van der Waals surface area contributed by atoms with Crippen molar-refractivity contribution in [3.8, 4) is 5.75 Å². The van der Waals surface area contributed by atoms with Gasteiger partial charge in [0.05, 0.1) is 5.56 Å². The maximum Gasteiger partial charge on any atom is 0.343 e. The zero-order valence-corrected chi connectivity index (χ0v) is 9.79. The molecule has 0 aliphatic rings. The number of rotatable bonds is 3. The number of nitrogens with zero attached hydrogens (tertiary/aromatic N) is 1. The van der Waals surface area contributed by atoms with Crippen LogP contribution in [0.3, 0.4) is 0 Å². The third-order valence-electron chi connectivity index (χ3n) is 2.44. The highest BCUT2D eigenvalue weighted by Gasteiger charge is 2.08. The predicted molar refractivity (Wildman–Crippen MR) is 68.0 cm³/mol. The fraction of sp³-hybridized carbons (Fsp3) is 0.0714. The van der Waals surface area contributed by atoms with E-state index in [0.29, 0.717) is 11.3 Å². The van der Waals surface area contributed by atoms with Crippen LogP contribution in [0.4, 0.5) is 5.69 Å². The molecule has 18 heavy (non-hydrogen) atoms. The van der Waals surface area contributed by atoms with Gasteiger partial charge in [-0.25, -0.2) is 4.79 Å². The molecule has 0 aromatic heterocycles. The molecule has 0 fully saturated rings. The Balaban J connectivity index is 2.11. The molecule has 0 unspecified atom stereocenters. The summed E-state index contributed by atoms with van der Waals surface area (Å²) < 4.78 is 5.18. The number of hydrogen-bond acceptors (Lipinski definition) is 4. The van der Waals surface area contributed by atoms with Crippen LogP contribution in [0.1, 0.15) is 15.9 Å². The molecule has 90 valence electrons. The summed E-state index contributed by atoms with van der Waals surface area (Å²) in [6, 6.07) is 13.1. The van der Waals surface area contributed by atoms with Crippen molar-refractivity contribution in [2.24, 2.45) is 5.18 Å². The Morgan fingerprint density at radius 2 is 1.61 bits per heavy atom. The minimum absolute atomic E-state index is 0.280. The second kappa shape index (κ2) is 5.23. The molecule has 4 nitrogen and oxygen atoms in total. The summed E-state index contributed by atoms with van der Waals surface area (Å²) in [6.45, 7) is 1.96. The van der Waals surface area contributed by atoms with Crippen molar-refractivity contribution in [3.05, 3.63) is 64.6 Å². The van der Waals surface area contributed by atoms with Crippen LogP contribution < -0.4 is 4.74 Å². The highest BCUT2D eigenvalue weighted by Crippen LogP contribution is 2.16. The molecule has 0 bridgehead atoms. The van der Waals surface area contributed by atoms with E-state index >= 15 is 0 Å². The maximum atomic E-state index is 11.8. The summed E-state index contributed by atoms with van der Waals surface area (Å²) in [5.41, 5.74) is 1.75. The van der Waals surface area contributed by atoms with Gasteiger partial charge in [0.25, 0.3) is 0 Å². The van der Waals surface area contributed by atoms with Gasteiger partial charge < -0.3 is 4.74 Å². The lowest BCUT2D eigenvalue weighted by molar-refractivity contribution is 0.0735. The van der Waals surface area contributed by atoms with Gasteiger partial charge in [-0.15, -0.1) is 4.91 Å². The van der Waals surface area contributed by atoms with E-state index in [1.807, 2.05) is 19.1 Å². The normalized spacial score (nSPS) is 9.83. The Hall–Kier alpha value is -2.49. The molecule has 0 saturated carbocycles. The number of carbonyl (C=O) groups is 1. The van der Waals surface area contributed by atoms with Crippen molar-refractivity contribution < 1.29 is 9.53 Å². The zero-order chi connectivity index (χ0) is 13.0. The van der Waals surface area contributed by atoms with Crippen molar-refractivity contribution in [1.82, 2.24) is 0 Å². The van der Waals surface area contributed by atoms with Crippen LogP contribution in [0.5, 0.6) is 5.75 Å². The topological polar surface area (TPSA) is 55.7 Å². The number of benzene rings is 2. The summed E-state index contributed by atoms with van der Waals surface area (Å²) in [6.07, 6.45) is 0. The van der Waals surface area contributed by atoms with Crippen LogP contribution >= 0.6 is 0 Å². The second-order valence-electron chi connectivity index (χ2n) is 3.84. The first-order valence-corrected chi connectivity index (χ1v) is 5.41. The second-order valence-corrected chi connectivity index (χ2v) is 3.84. The maximum absolute atomic E-state index is 11.8. The molecule has 2 rings (SSSR count). The molecule has 2 aromatic rings. The van der Waals surface area contributed by atoms with Crippen molar-refractivity contribution in [2.45, 2.75) is 6.92 Å². The van der Waals surface area contributed by atoms with Gasteiger partial charge in [-0.3, -0.25) is 0 Å². The Kier molecular flexibility index (Phi) is 3.48. The van der Waals surface area contributed by atoms with Gasteiger partial charge in [0.2, 0.25) is 0 Å². The number of aryl methyl sites for hydroxylation is 1. The van der Waals surface area contributed by atoms with Gasteiger partial charge >= 0.3 is 5.97 Å². The fourth-order valence-electron chi connectivity index (χ4n) is 1.43. The number of carbonyl (C=O) groups excluding carboxylic acids is 1. The third kappa shape index (κ3) is 2.79. The van der Waals surface area contributed by atoms with E-state index in [0.717, 1.165) is 5.56 Å². The molecule has 2 aromatic carbocycles. The minimum Gasteiger partial charge on any atom is -0.423 e. The van der Waals surface area contributed by atoms with E-state index in [2.05, 4.69) is 5.18 Å². The Morgan fingerprint density at radius 3 is 2.17 bits per heavy atom. The van der Waals surface area contributed by atoms with E-state index in [9.17, 15) is 9.70 Å². The molecule has 0 radical (unpaired) electrons. The van der Waals surface area contributed by atoms with Gasteiger partial charge in [-0.05, 0) is 48.5 Å². The number of hydrogen-bond donors (Lipinski definition) is 0. The van der Waals surface area contributed by atoms with Gasteiger partial charge in [0, 0.05) is 0 Å². The van der Waals surface area contributed by atoms with Crippen LogP contribution in [0.25, 0.3) is 0 Å². The average Bonchev–Trinajstić information content (AvgIpc) is 2.41. The van der Waals surface area contributed by atoms with Crippen LogP contribution in [0.15, 0.2) is 53.7 Å². The Bertz CT molecular complexity index is 559. The standard InChI is InChI=1S/C14H11NO3/c1-10-2-8-13(9-3-10)18-14(16)11-4-6-12(15-17)7-5-11/h2-9H,1H3. The first kappa shape index (κ1) is 12.0. The van der Waals surface area contributed by atoms with Crippen molar-refractivity contribution in [3.63, 3.8) is 0 Å². The molecule has 0 atom stereocenters. The Morgan fingerprint density at radius 1 is 1.00 bits per heavy atom. The monoisotopic (exact) mass is 241 g/mol. The zero-order valence-electron chi connectivity index (χ0n) is 9.79. The highest BCUT2D eigenvalue weighted by molar-refractivity contribution is 5.91. The third-order valence-corrected chi connectivity index (χ3v) is 2.44. The summed E-state index contributed by atoms with van der Waals surface area (Å²) in [5, 5.41) is 2.76. The molecular weight excluding hydrogens is 230 g/mol. The van der Waals surface area contributed by atoms with Crippen LogP contribution in [-0.2, 0) is 0 Å². The summed E-state index contributed by atoms with van der Waals surface area (Å²) in [7, 11) is 0. The quantitative estimate of drug-likeness (QED) is 0.468. The van der Waals surface area contributed by atoms with Crippen molar-refractivity contribution in [1.29, 1.82) is 0 Å². The van der Waals surface area contributed by atoms with E-state index in [-0.39, 0.29) is 5.69 Å². The van der Waals surface area contributed by atoms with Crippen LogP contribution in [-0.4, -0.2) is 5.97 Å². The first-order valence-electron chi connectivity index (χ1n) is 5.41. The van der Waals surface area contributed by atoms with E-state index in [1.54, 1.807) is 12.1 Å². The number of nitroso groups, excluding NO2 is 1. The van der Waals surface area contributed by atoms with Crippen molar-refractivity contribution >= 4 is 11.7 Å². The van der Waals surface area contributed by atoms with Gasteiger partial charge in [0.15, 0.2) is 0 Å². The Labute approximate surface area is 104 Å². The van der Waals surface area contributed by atoms with Gasteiger partial charge in [-0.2, -0.15) is 0 Å². The van der Waals surface area contributed by atoms with E-state index in [4.69, 9.17) is 4.74 Å². The highest BCUT2D eigenvalue weighted by atomic mass is 16.5. The summed E-state index contributed by atoms with van der Waals surface area (Å²) >= 11 is 0. The molecular formula is C14H11NO3. The predicted octanol–water partition coefficient (Wildman–Crippen LogP) is 3.61. The van der Waals surface area contributed by atoms with Crippen LogP contribution in [0, 0.1) is 11.8 Å². The molecule has 0 aliphatic carbocycles. The molecule has 4 heteroatoms. The smallest absolute Gasteiger partial charge is 0.343 e. The molecule has 0 spiro atoms. The van der Waals surface area contributed by atoms with E-state index in [1.165, 1.54) is 24.3 Å². The molecule has 0 saturated heterocycles. The fourth-order valence-corrected chi connectivity index (χ4v) is 1.43. The SMILES string of the molecule is Cc1ccc(OC(=O)c2ccc(N=O)cc2)cc1. The van der Waals surface area contributed by atoms with Crippen molar-refractivity contribution in [2.75, 3.05) is 0 Å².